The molecule has 2 aromatic rings. The fourth-order valence-electron chi connectivity index (χ4n) is 3.57. The minimum absolute atomic E-state index is 0.163. The molecule has 1 aliphatic rings. The number of aromatic nitrogens is 2. The Balaban J connectivity index is 2.19. The van der Waals surface area contributed by atoms with Crippen LogP contribution < -0.4 is 0 Å². The number of hydrogen-bond acceptors (Lipinski definition) is 3. The van der Waals surface area contributed by atoms with Crippen LogP contribution in [0.3, 0.4) is 0 Å². The van der Waals surface area contributed by atoms with Crippen molar-refractivity contribution in [1.82, 2.24) is 9.55 Å². The third-order valence-electron chi connectivity index (χ3n) is 4.24. The largest absolute Gasteiger partial charge is 0.367 e. The quantitative estimate of drug-likeness (QED) is 0.845. The van der Waals surface area contributed by atoms with Gasteiger partial charge in [0, 0.05) is 0 Å². The average Bonchev–Trinajstić information content (AvgIpc) is 2.82. The van der Waals surface area contributed by atoms with Crippen molar-refractivity contribution in [3.05, 3.63) is 30.1 Å². The van der Waals surface area contributed by atoms with Crippen molar-refractivity contribution < 1.29 is 4.74 Å². The SMILES string of the molecule is CC1(C)CC(n2c(CC#N)nc3ccccc32)C(C)(C)O1. The van der Waals surface area contributed by atoms with Gasteiger partial charge in [-0.3, -0.25) is 0 Å². The lowest BCUT2D eigenvalue weighted by atomic mass is 9.94. The highest BCUT2D eigenvalue weighted by Crippen LogP contribution is 2.46. The van der Waals surface area contributed by atoms with Crippen LogP contribution in [-0.4, -0.2) is 20.8 Å². The van der Waals surface area contributed by atoms with Crippen LogP contribution in [0.15, 0.2) is 24.3 Å². The van der Waals surface area contributed by atoms with E-state index in [9.17, 15) is 0 Å². The molecular weight excluding hydrogens is 262 g/mol. The standard InChI is InChI=1S/C17H21N3O/c1-16(2)11-14(17(3,4)21-16)20-13-8-6-5-7-12(13)19-15(20)9-10-18/h5-8,14H,9,11H2,1-4H3. The van der Waals surface area contributed by atoms with Crippen LogP contribution in [0.5, 0.6) is 0 Å². The van der Waals surface area contributed by atoms with Gasteiger partial charge in [0.05, 0.1) is 40.8 Å². The van der Waals surface area contributed by atoms with E-state index in [1.54, 1.807) is 0 Å². The fraction of sp³-hybridized carbons (Fsp3) is 0.529. The molecule has 2 heterocycles. The van der Waals surface area contributed by atoms with Crippen molar-refractivity contribution in [2.24, 2.45) is 0 Å². The number of rotatable bonds is 2. The lowest BCUT2D eigenvalue weighted by molar-refractivity contribution is -0.0727. The van der Waals surface area contributed by atoms with Crippen LogP contribution in [0.1, 0.15) is 46.0 Å². The first-order chi connectivity index (χ1) is 9.84. The topological polar surface area (TPSA) is 50.8 Å². The lowest BCUT2D eigenvalue weighted by Gasteiger charge is -2.29. The van der Waals surface area contributed by atoms with Gasteiger partial charge in [0.25, 0.3) is 0 Å². The molecule has 0 radical (unpaired) electrons. The van der Waals surface area contributed by atoms with Gasteiger partial charge in [-0.15, -0.1) is 0 Å². The van der Waals surface area contributed by atoms with E-state index in [-0.39, 0.29) is 17.2 Å². The molecule has 1 unspecified atom stereocenters. The number of imidazole rings is 1. The van der Waals surface area contributed by atoms with E-state index >= 15 is 0 Å². The summed E-state index contributed by atoms with van der Waals surface area (Å²) >= 11 is 0. The van der Waals surface area contributed by atoms with Crippen molar-refractivity contribution in [3.8, 4) is 6.07 Å². The van der Waals surface area contributed by atoms with E-state index in [2.05, 4.69) is 49.4 Å². The third kappa shape index (κ3) is 2.32. The van der Waals surface area contributed by atoms with E-state index in [1.165, 1.54) is 0 Å². The summed E-state index contributed by atoms with van der Waals surface area (Å²) in [6.07, 6.45) is 1.24. The number of hydrogen-bond donors (Lipinski definition) is 0. The summed E-state index contributed by atoms with van der Waals surface area (Å²) in [6.45, 7) is 8.49. The van der Waals surface area contributed by atoms with Gasteiger partial charge in [0.2, 0.25) is 0 Å². The second-order valence-corrected chi connectivity index (χ2v) is 6.91. The predicted molar refractivity (Wildman–Crippen MR) is 81.9 cm³/mol. The maximum absolute atomic E-state index is 9.11. The number of nitriles is 1. The Morgan fingerprint density at radius 2 is 2.05 bits per heavy atom. The molecule has 1 aromatic heterocycles. The molecule has 1 atom stereocenters. The van der Waals surface area contributed by atoms with Gasteiger partial charge in [-0.25, -0.2) is 4.98 Å². The molecule has 0 N–H and O–H groups in total. The number of ether oxygens (including phenoxy) is 1. The molecule has 0 saturated carbocycles. The zero-order valence-corrected chi connectivity index (χ0v) is 13.1. The zero-order chi connectivity index (χ0) is 15.3. The number of benzene rings is 1. The third-order valence-corrected chi connectivity index (χ3v) is 4.24. The number of fused-ring (bicyclic) bond motifs is 1. The first kappa shape index (κ1) is 14.1. The summed E-state index contributed by atoms with van der Waals surface area (Å²) in [4.78, 5) is 4.65. The van der Waals surface area contributed by atoms with Gasteiger partial charge >= 0.3 is 0 Å². The Morgan fingerprint density at radius 3 is 2.67 bits per heavy atom. The van der Waals surface area contributed by atoms with Crippen molar-refractivity contribution in [3.63, 3.8) is 0 Å². The molecule has 4 nitrogen and oxygen atoms in total. The lowest BCUT2D eigenvalue weighted by Crippen LogP contribution is -2.31. The summed E-state index contributed by atoms with van der Waals surface area (Å²) in [5, 5.41) is 9.11. The first-order valence-electron chi connectivity index (χ1n) is 7.37. The molecule has 1 saturated heterocycles. The summed E-state index contributed by atoms with van der Waals surface area (Å²) in [5.41, 5.74) is 1.59. The van der Waals surface area contributed by atoms with Gasteiger partial charge in [-0.05, 0) is 46.2 Å². The Bertz CT molecular complexity index is 721. The molecular formula is C17H21N3O. The second kappa shape index (κ2) is 4.57. The molecule has 3 rings (SSSR count). The molecule has 0 bridgehead atoms. The highest BCUT2D eigenvalue weighted by molar-refractivity contribution is 5.76. The van der Waals surface area contributed by atoms with Crippen molar-refractivity contribution in [1.29, 1.82) is 5.26 Å². The maximum atomic E-state index is 9.11. The molecule has 0 spiro atoms. The van der Waals surface area contributed by atoms with Crippen molar-refractivity contribution in [2.45, 2.75) is 57.8 Å². The Kier molecular flexibility index (Phi) is 3.07. The minimum atomic E-state index is -0.281. The van der Waals surface area contributed by atoms with E-state index in [0.29, 0.717) is 6.42 Å². The number of nitrogens with zero attached hydrogens (tertiary/aromatic N) is 3. The van der Waals surface area contributed by atoms with Gasteiger partial charge in [-0.2, -0.15) is 5.26 Å². The first-order valence-corrected chi connectivity index (χ1v) is 7.37. The van der Waals surface area contributed by atoms with Crippen LogP contribution in [-0.2, 0) is 11.2 Å². The highest BCUT2D eigenvalue weighted by Gasteiger charge is 2.47. The molecule has 1 fully saturated rings. The van der Waals surface area contributed by atoms with Gasteiger partial charge in [0.1, 0.15) is 5.82 Å². The Labute approximate surface area is 125 Å². The molecule has 110 valence electrons. The molecule has 1 aliphatic heterocycles. The molecule has 1 aromatic carbocycles. The van der Waals surface area contributed by atoms with Gasteiger partial charge in [0.15, 0.2) is 0 Å². The van der Waals surface area contributed by atoms with Gasteiger partial charge in [-0.1, -0.05) is 12.1 Å². The van der Waals surface area contributed by atoms with Gasteiger partial charge < -0.3 is 9.30 Å². The molecule has 0 amide bonds. The monoisotopic (exact) mass is 283 g/mol. The fourth-order valence-corrected chi connectivity index (χ4v) is 3.57. The Morgan fingerprint density at radius 1 is 1.33 bits per heavy atom. The Hall–Kier alpha value is -1.86. The summed E-state index contributed by atoms with van der Waals surface area (Å²) in [7, 11) is 0. The second-order valence-electron chi connectivity index (χ2n) is 6.91. The van der Waals surface area contributed by atoms with Crippen molar-refractivity contribution >= 4 is 11.0 Å². The van der Waals surface area contributed by atoms with Crippen LogP contribution in [0.2, 0.25) is 0 Å². The molecule has 0 aliphatic carbocycles. The average molecular weight is 283 g/mol. The van der Waals surface area contributed by atoms with E-state index in [4.69, 9.17) is 10.00 Å². The van der Waals surface area contributed by atoms with Crippen LogP contribution >= 0.6 is 0 Å². The predicted octanol–water partition coefficient (Wildman–Crippen LogP) is 3.62. The van der Waals surface area contributed by atoms with Crippen LogP contribution in [0, 0.1) is 11.3 Å². The normalized spacial score (nSPS) is 23.3. The summed E-state index contributed by atoms with van der Waals surface area (Å²) < 4.78 is 8.44. The van der Waals surface area contributed by atoms with E-state index in [1.807, 2.05) is 18.2 Å². The maximum Gasteiger partial charge on any atom is 0.124 e. The zero-order valence-electron chi connectivity index (χ0n) is 13.1. The van der Waals surface area contributed by atoms with Crippen LogP contribution in [0.25, 0.3) is 11.0 Å². The minimum Gasteiger partial charge on any atom is -0.367 e. The summed E-state index contributed by atoms with van der Waals surface area (Å²) in [5.74, 6) is 0.832. The van der Waals surface area contributed by atoms with Crippen molar-refractivity contribution in [2.75, 3.05) is 0 Å². The smallest absolute Gasteiger partial charge is 0.124 e. The molecule has 4 heteroatoms. The summed E-state index contributed by atoms with van der Waals surface area (Å²) in [6, 6.07) is 10.5. The highest BCUT2D eigenvalue weighted by atomic mass is 16.5. The molecule has 21 heavy (non-hydrogen) atoms. The van der Waals surface area contributed by atoms with Crippen LogP contribution in [0.4, 0.5) is 0 Å². The van der Waals surface area contributed by atoms with E-state index in [0.717, 1.165) is 23.3 Å². The number of para-hydroxylation sites is 2. The van der Waals surface area contributed by atoms with E-state index < -0.39 is 0 Å².